The normalized spacial score (nSPS) is 29.6. The maximum atomic E-state index is 14.5. The molecule has 0 unspecified atom stereocenters. The van der Waals surface area contributed by atoms with Crippen molar-refractivity contribution in [2.24, 2.45) is 23.5 Å². The predicted molar refractivity (Wildman–Crippen MR) is 140 cm³/mol. The van der Waals surface area contributed by atoms with Crippen molar-refractivity contribution in [3.63, 3.8) is 0 Å². The number of Topliss-reactive ketones (excluding diaryl/α,β-unsaturated/α-hetero) is 1. The van der Waals surface area contributed by atoms with Crippen molar-refractivity contribution in [2.45, 2.75) is 63.5 Å². The van der Waals surface area contributed by atoms with E-state index in [-0.39, 0.29) is 36.2 Å². The smallest absolute Gasteiger partial charge is 0.249 e. The number of hydrogen-bond donors (Lipinski definition) is 1. The third-order valence-corrected chi connectivity index (χ3v) is 9.69. The van der Waals surface area contributed by atoms with Crippen molar-refractivity contribution in [2.75, 3.05) is 50.8 Å². The first-order valence-corrected chi connectivity index (χ1v) is 14.3. The van der Waals surface area contributed by atoms with Gasteiger partial charge < -0.3 is 25.2 Å². The van der Waals surface area contributed by atoms with Crippen LogP contribution in [0.5, 0.6) is 0 Å². The highest BCUT2D eigenvalue weighted by Gasteiger charge is 2.57. The summed E-state index contributed by atoms with van der Waals surface area (Å²) in [4.78, 5) is 46.7. The van der Waals surface area contributed by atoms with Crippen molar-refractivity contribution in [3.05, 3.63) is 29.3 Å². The summed E-state index contributed by atoms with van der Waals surface area (Å²) in [6, 6.07) is 5.37. The molecule has 200 valence electrons. The molecule has 4 atom stereocenters. The monoisotopic (exact) mass is 508 g/mol. The molecule has 0 aromatic heterocycles. The fourth-order valence-corrected chi connectivity index (χ4v) is 7.47. The standard InChI is InChI=1S/C29H40N4O4/c1-2-31-11-13-32(14-12-31)20-9-10-21(28(30)35)22(15-20)25(19-5-3-4-6-19)29(36)33-16-23(18-7-8-18)27-26(33)24(34)17-37-27/h9-10,15,18-19,23,25-27H,2-8,11-14,16-17H2,1H3,(H2,30,35)/t23-,25+,26-,27-/m1/s1. The molecule has 2 aliphatic carbocycles. The minimum atomic E-state index is -0.497. The van der Waals surface area contributed by atoms with E-state index in [4.69, 9.17) is 10.5 Å². The quantitative estimate of drug-likeness (QED) is 0.608. The molecular weight excluding hydrogens is 468 g/mol. The van der Waals surface area contributed by atoms with Crippen LogP contribution in [0.3, 0.4) is 0 Å². The number of likely N-dealkylation sites (N-methyl/N-ethyl adjacent to an activating group) is 1. The zero-order chi connectivity index (χ0) is 25.7. The molecule has 3 heterocycles. The zero-order valence-corrected chi connectivity index (χ0v) is 21.9. The maximum Gasteiger partial charge on any atom is 0.249 e. The molecule has 1 aromatic rings. The van der Waals surface area contributed by atoms with Gasteiger partial charge in [-0.1, -0.05) is 19.8 Å². The Morgan fingerprint density at radius 2 is 1.81 bits per heavy atom. The summed E-state index contributed by atoms with van der Waals surface area (Å²) in [5.74, 6) is -0.0244. The number of hydrogen-bond acceptors (Lipinski definition) is 6. The number of amides is 2. The first-order valence-electron chi connectivity index (χ1n) is 14.3. The number of benzene rings is 1. The number of anilines is 1. The van der Waals surface area contributed by atoms with E-state index in [1.165, 1.54) is 0 Å². The van der Waals surface area contributed by atoms with E-state index in [1.54, 1.807) is 0 Å². The lowest BCUT2D eigenvalue weighted by Crippen LogP contribution is -2.46. The molecule has 8 heteroatoms. The Labute approximate surface area is 219 Å². The molecule has 1 aromatic carbocycles. The topological polar surface area (TPSA) is 96.2 Å². The first kappa shape index (κ1) is 24.9. The second-order valence-electron chi connectivity index (χ2n) is 11.8. The molecule has 5 fully saturated rings. The molecular formula is C29H40N4O4. The molecule has 6 rings (SSSR count). The van der Waals surface area contributed by atoms with Gasteiger partial charge >= 0.3 is 0 Å². The third kappa shape index (κ3) is 4.56. The number of ketones is 1. The van der Waals surface area contributed by atoms with Gasteiger partial charge in [-0.2, -0.15) is 0 Å². The van der Waals surface area contributed by atoms with Crippen LogP contribution in [-0.2, 0) is 14.3 Å². The Morgan fingerprint density at radius 3 is 2.46 bits per heavy atom. The Balaban J connectivity index is 1.36. The van der Waals surface area contributed by atoms with E-state index >= 15 is 0 Å². The third-order valence-electron chi connectivity index (χ3n) is 9.69. The molecule has 3 saturated heterocycles. The summed E-state index contributed by atoms with van der Waals surface area (Å²) in [7, 11) is 0. The highest BCUT2D eigenvalue weighted by atomic mass is 16.5. The number of nitrogens with two attached hydrogens (primary N) is 1. The van der Waals surface area contributed by atoms with Gasteiger partial charge in [0.2, 0.25) is 11.8 Å². The van der Waals surface area contributed by atoms with Crippen LogP contribution in [-0.4, -0.2) is 85.4 Å². The molecule has 0 bridgehead atoms. The van der Waals surface area contributed by atoms with Gasteiger partial charge in [-0.3, -0.25) is 14.4 Å². The number of fused-ring (bicyclic) bond motifs is 1. The summed E-state index contributed by atoms with van der Waals surface area (Å²) in [5, 5.41) is 0. The SMILES string of the molecule is CCN1CCN(c2ccc(C(N)=O)c([C@@H](C(=O)N3C[C@H](C4CC4)[C@H]4OCC(=O)[C@H]43)C3CCCC3)c2)CC1. The van der Waals surface area contributed by atoms with Crippen molar-refractivity contribution < 1.29 is 19.1 Å². The van der Waals surface area contributed by atoms with E-state index in [2.05, 4.69) is 22.8 Å². The van der Waals surface area contributed by atoms with Crippen molar-refractivity contribution in [1.82, 2.24) is 9.80 Å². The van der Waals surface area contributed by atoms with Gasteiger partial charge in [0.1, 0.15) is 12.6 Å². The number of primary amides is 1. The first-order chi connectivity index (χ1) is 18.0. The van der Waals surface area contributed by atoms with Gasteiger partial charge in [0, 0.05) is 49.9 Å². The molecule has 3 aliphatic heterocycles. The van der Waals surface area contributed by atoms with Crippen LogP contribution < -0.4 is 10.6 Å². The van der Waals surface area contributed by atoms with Gasteiger partial charge in [-0.15, -0.1) is 0 Å². The molecule has 0 radical (unpaired) electrons. The lowest BCUT2D eigenvalue weighted by molar-refractivity contribution is -0.138. The highest BCUT2D eigenvalue weighted by Crippen LogP contribution is 2.48. The van der Waals surface area contributed by atoms with E-state index in [0.29, 0.717) is 18.0 Å². The number of rotatable bonds is 7. The summed E-state index contributed by atoms with van der Waals surface area (Å²) < 4.78 is 5.94. The number of piperazine rings is 1. The van der Waals surface area contributed by atoms with E-state index in [0.717, 1.165) is 82.5 Å². The Bertz CT molecular complexity index is 1060. The van der Waals surface area contributed by atoms with Crippen LogP contribution in [0.4, 0.5) is 5.69 Å². The van der Waals surface area contributed by atoms with Crippen LogP contribution in [0.2, 0.25) is 0 Å². The van der Waals surface area contributed by atoms with Crippen LogP contribution in [0.15, 0.2) is 18.2 Å². The maximum absolute atomic E-state index is 14.5. The second-order valence-corrected chi connectivity index (χ2v) is 11.8. The molecule has 2 saturated carbocycles. The Morgan fingerprint density at radius 1 is 1.08 bits per heavy atom. The van der Waals surface area contributed by atoms with Crippen LogP contribution in [0.25, 0.3) is 0 Å². The average Bonchev–Trinajstić information content (AvgIpc) is 3.29. The highest BCUT2D eigenvalue weighted by molar-refractivity contribution is 5.99. The lowest BCUT2D eigenvalue weighted by Gasteiger charge is -2.36. The number of carbonyl (C=O) groups is 3. The zero-order valence-electron chi connectivity index (χ0n) is 21.9. The Hall–Kier alpha value is -2.45. The fraction of sp³-hybridized carbons (Fsp3) is 0.690. The van der Waals surface area contributed by atoms with Crippen LogP contribution in [0, 0.1) is 17.8 Å². The van der Waals surface area contributed by atoms with Crippen molar-refractivity contribution in [1.29, 1.82) is 0 Å². The van der Waals surface area contributed by atoms with Crippen molar-refractivity contribution in [3.8, 4) is 0 Å². The van der Waals surface area contributed by atoms with Gasteiger partial charge in [-0.05, 0) is 67.8 Å². The minimum Gasteiger partial charge on any atom is -0.369 e. The van der Waals surface area contributed by atoms with Gasteiger partial charge in [0.25, 0.3) is 0 Å². The van der Waals surface area contributed by atoms with Gasteiger partial charge in [0.15, 0.2) is 5.78 Å². The summed E-state index contributed by atoms with van der Waals surface area (Å²) in [5.41, 5.74) is 8.11. The van der Waals surface area contributed by atoms with Gasteiger partial charge in [0.05, 0.1) is 12.0 Å². The molecule has 2 amide bonds. The van der Waals surface area contributed by atoms with Crippen LogP contribution in [0.1, 0.15) is 67.3 Å². The molecule has 0 spiro atoms. The van der Waals surface area contributed by atoms with E-state index < -0.39 is 17.9 Å². The Kier molecular flexibility index (Phi) is 6.74. The predicted octanol–water partition coefficient (Wildman–Crippen LogP) is 2.41. The molecule has 37 heavy (non-hydrogen) atoms. The van der Waals surface area contributed by atoms with E-state index in [9.17, 15) is 14.4 Å². The minimum absolute atomic E-state index is 0.0145. The van der Waals surface area contributed by atoms with Crippen molar-refractivity contribution >= 4 is 23.3 Å². The van der Waals surface area contributed by atoms with E-state index in [1.807, 2.05) is 17.0 Å². The summed E-state index contributed by atoms with van der Waals surface area (Å²) in [6.07, 6.45) is 6.19. The number of likely N-dealkylation sites (tertiary alicyclic amines) is 1. The largest absolute Gasteiger partial charge is 0.369 e. The summed E-state index contributed by atoms with van der Waals surface area (Å²) in [6.45, 7) is 7.72. The second kappa shape index (κ2) is 10.0. The molecule has 8 nitrogen and oxygen atoms in total. The average molecular weight is 509 g/mol. The summed E-state index contributed by atoms with van der Waals surface area (Å²) >= 11 is 0. The lowest BCUT2D eigenvalue weighted by atomic mass is 9.80. The molecule has 2 N–H and O–H groups in total. The van der Waals surface area contributed by atoms with Crippen LogP contribution >= 0.6 is 0 Å². The molecule has 5 aliphatic rings. The number of ether oxygens (including phenoxy) is 1. The number of nitrogens with zero attached hydrogens (tertiary/aromatic N) is 3. The fourth-order valence-electron chi connectivity index (χ4n) is 7.47. The van der Waals surface area contributed by atoms with Gasteiger partial charge in [-0.25, -0.2) is 0 Å². The number of carbonyl (C=O) groups excluding carboxylic acids is 3.